The first kappa shape index (κ1) is 13.3. The Morgan fingerprint density at radius 1 is 1.39 bits per heavy atom. The SMILES string of the molecule is CCCN1CC(CO)OC1c1ccc(OC)cc1. The summed E-state index contributed by atoms with van der Waals surface area (Å²) in [6.07, 6.45) is 0.949. The molecule has 1 aromatic rings. The number of nitrogens with zero attached hydrogens (tertiary/aromatic N) is 1. The van der Waals surface area contributed by atoms with Gasteiger partial charge < -0.3 is 14.6 Å². The molecule has 1 aliphatic heterocycles. The van der Waals surface area contributed by atoms with Crippen molar-refractivity contribution in [2.45, 2.75) is 25.7 Å². The van der Waals surface area contributed by atoms with Crippen molar-refractivity contribution < 1.29 is 14.6 Å². The number of aliphatic hydroxyl groups is 1. The number of ether oxygens (including phenoxy) is 2. The van der Waals surface area contributed by atoms with Crippen LogP contribution in [0.2, 0.25) is 0 Å². The Hall–Kier alpha value is -1.10. The van der Waals surface area contributed by atoms with Crippen molar-refractivity contribution in [3.63, 3.8) is 0 Å². The third-order valence-corrected chi connectivity index (χ3v) is 3.21. The Morgan fingerprint density at radius 2 is 2.11 bits per heavy atom. The Balaban J connectivity index is 2.13. The second-order valence-electron chi connectivity index (χ2n) is 4.56. The molecule has 2 unspecified atom stereocenters. The molecule has 4 heteroatoms. The van der Waals surface area contributed by atoms with Crippen LogP contribution in [0.4, 0.5) is 0 Å². The maximum absolute atomic E-state index is 9.23. The van der Waals surface area contributed by atoms with Crippen LogP contribution in [0.1, 0.15) is 25.1 Å². The average Bonchev–Trinajstić information content (AvgIpc) is 2.82. The fourth-order valence-corrected chi connectivity index (χ4v) is 2.32. The number of hydrogen-bond acceptors (Lipinski definition) is 4. The van der Waals surface area contributed by atoms with Gasteiger partial charge in [-0.2, -0.15) is 0 Å². The fraction of sp³-hybridized carbons (Fsp3) is 0.571. The molecule has 2 atom stereocenters. The van der Waals surface area contributed by atoms with Gasteiger partial charge >= 0.3 is 0 Å². The fourth-order valence-electron chi connectivity index (χ4n) is 2.32. The second-order valence-corrected chi connectivity index (χ2v) is 4.56. The predicted octanol–water partition coefficient (Wildman–Crippen LogP) is 1.80. The molecule has 0 saturated carbocycles. The van der Waals surface area contributed by atoms with E-state index < -0.39 is 0 Å². The summed E-state index contributed by atoms with van der Waals surface area (Å²) in [7, 11) is 1.66. The molecule has 1 fully saturated rings. The zero-order valence-corrected chi connectivity index (χ0v) is 11.0. The molecule has 4 nitrogen and oxygen atoms in total. The van der Waals surface area contributed by atoms with Gasteiger partial charge in [-0.25, -0.2) is 0 Å². The van der Waals surface area contributed by atoms with Gasteiger partial charge in [0.05, 0.1) is 19.8 Å². The van der Waals surface area contributed by atoms with Crippen LogP contribution in [0.15, 0.2) is 24.3 Å². The first-order chi connectivity index (χ1) is 8.78. The summed E-state index contributed by atoms with van der Waals surface area (Å²) in [4.78, 5) is 2.27. The summed E-state index contributed by atoms with van der Waals surface area (Å²) in [5.41, 5.74) is 1.11. The minimum Gasteiger partial charge on any atom is -0.497 e. The van der Waals surface area contributed by atoms with Gasteiger partial charge in [0.25, 0.3) is 0 Å². The number of benzene rings is 1. The Bertz CT molecular complexity index is 366. The summed E-state index contributed by atoms with van der Waals surface area (Å²) in [5.74, 6) is 0.845. The molecule has 0 aromatic heterocycles. The lowest BCUT2D eigenvalue weighted by Crippen LogP contribution is -2.26. The van der Waals surface area contributed by atoms with Crippen molar-refractivity contribution >= 4 is 0 Å². The van der Waals surface area contributed by atoms with E-state index in [1.165, 1.54) is 0 Å². The first-order valence-electron chi connectivity index (χ1n) is 6.42. The summed E-state index contributed by atoms with van der Waals surface area (Å²) < 4.78 is 11.0. The molecule has 0 amide bonds. The van der Waals surface area contributed by atoms with E-state index >= 15 is 0 Å². The van der Waals surface area contributed by atoms with Crippen LogP contribution < -0.4 is 4.74 Å². The van der Waals surface area contributed by atoms with E-state index in [1.54, 1.807) is 7.11 Å². The van der Waals surface area contributed by atoms with Gasteiger partial charge in [-0.05, 0) is 24.1 Å². The second kappa shape index (κ2) is 6.18. The lowest BCUT2D eigenvalue weighted by atomic mass is 10.1. The summed E-state index contributed by atoms with van der Waals surface area (Å²) >= 11 is 0. The van der Waals surface area contributed by atoms with E-state index in [0.29, 0.717) is 0 Å². The van der Waals surface area contributed by atoms with Crippen LogP contribution in [-0.4, -0.2) is 42.9 Å². The number of hydrogen-bond donors (Lipinski definition) is 1. The maximum atomic E-state index is 9.23. The third kappa shape index (κ3) is 2.83. The van der Waals surface area contributed by atoms with E-state index in [0.717, 1.165) is 30.8 Å². The van der Waals surface area contributed by atoms with Crippen molar-refractivity contribution in [2.75, 3.05) is 26.8 Å². The molecule has 0 aliphatic carbocycles. The molecule has 0 radical (unpaired) electrons. The van der Waals surface area contributed by atoms with Gasteiger partial charge in [-0.15, -0.1) is 0 Å². The maximum Gasteiger partial charge on any atom is 0.137 e. The van der Waals surface area contributed by atoms with Crippen LogP contribution in [0.3, 0.4) is 0 Å². The molecule has 1 N–H and O–H groups in total. The molecule has 2 rings (SSSR count). The molecule has 100 valence electrons. The van der Waals surface area contributed by atoms with Crippen LogP contribution in [-0.2, 0) is 4.74 Å². The lowest BCUT2D eigenvalue weighted by Gasteiger charge is -2.22. The van der Waals surface area contributed by atoms with Gasteiger partial charge in [0.15, 0.2) is 0 Å². The molecular weight excluding hydrogens is 230 g/mol. The molecule has 1 heterocycles. The minimum atomic E-state index is -0.0800. The highest BCUT2D eigenvalue weighted by molar-refractivity contribution is 5.28. The standard InChI is InChI=1S/C14H21NO3/c1-3-8-15-9-13(10-16)18-14(15)11-4-6-12(17-2)7-5-11/h4-7,13-14,16H,3,8-10H2,1-2H3. The average molecular weight is 251 g/mol. The molecule has 1 aliphatic rings. The van der Waals surface area contributed by atoms with E-state index in [2.05, 4.69) is 11.8 Å². The van der Waals surface area contributed by atoms with Gasteiger partial charge in [-0.1, -0.05) is 19.1 Å². The van der Waals surface area contributed by atoms with Crippen molar-refractivity contribution in [1.29, 1.82) is 0 Å². The highest BCUT2D eigenvalue weighted by atomic mass is 16.5. The van der Waals surface area contributed by atoms with Crippen LogP contribution >= 0.6 is 0 Å². The lowest BCUT2D eigenvalue weighted by molar-refractivity contribution is -0.0195. The smallest absolute Gasteiger partial charge is 0.137 e. The normalized spacial score (nSPS) is 24.4. The minimum absolute atomic E-state index is 0.0481. The quantitative estimate of drug-likeness (QED) is 0.866. The van der Waals surface area contributed by atoms with Crippen molar-refractivity contribution in [2.24, 2.45) is 0 Å². The Kier molecular flexibility index (Phi) is 4.58. The zero-order valence-electron chi connectivity index (χ0n) is 11.0. The topological polar surface area (TPSA) is 41.9 Å². The largest absolute Gasteiger partial charge is 0.497 e. The van der Waals surface area contributed by atoms with Crippen molar-refractivity contribution in [1.82, 2.24) is 4.90 Å². The summed E-state index contributed by atoms with van der Waals surface area (Å²) in [6.45, 7) is 4.00. The predicted molar refractivity (Wildman–Crippen MR) is 69.6 cm³/mol. The molecule has 1 saturated heterocycles. The van der Waals surface area contributed by atoms with Crippen molar-refractivity contribution in [3.8, 4) is 5.75 Å². The van der Waals surface area contributed by atoms with Gasteiger partial charge in [-0.3, -0.25) is 4.90 Å². The number of rotatable bonds is 5. The molecule has 0 bridgehead atoms. The van der Waals surface area contributed by atoms with E-state index in [1.807, 2.05) is 24.3 Å². The van der Waals surface area contributed by atoms with Gasteiger partial charge in [0, 0.05) is 13.1 Å². The van der Waals surface area contributed by atoms with Gasteiger partial charge in [0.1, 0.15) is 12.0 Å². The van der Waals surface area contributed by atoms with Crippen LogP contribution in [0.25, 0.3) is 0 Å². The van der Waals surface area contributed by atoms with E-state index in [-0.39, 0.29) is 18.9 Å². The Morgan fingerprint density at radius 3 is 2.67 bits per heavy atom. The highest BCUT2D eigenvalue weighted by Crippen LogP contribution is 2.31. The van der Waals surface area contributed by atoms with E-state index in [4.69, 9.17) is 9.47 Å². The molecule has 0 spiro atoms. The van der Waals surface area contributed by atoms with Crippen LogP contribution in [0, 0.1) is 0 Å². The van der Waals surface area contributed by atoms with Crippen molar-refractivity contribution in [3.05, 3.63) is 29.8 Å². The molecule has 1 aromatic carbocycles. The summed E-state index contributed by atoms with van der Waals surface area (Å²) in [5, 5.41) is 9.23. The number of methoxy groups -OCH3 is 1. The molecular formula is C14H21NO3. The zero-order chi connectivity index (χ0) is 13.0. The first-order valence-corrected chi connectivity index (χ1v) is 6.42. The Labute approximate surface area is 108 Å². The van der Waals surface area contributed by atoms with Gasteiger partial charge in [0.2, 0.25) is 0 Å². The number of aliphatic hydroxyl groups excluding tert-OH is 1. The monoisotopic (exact) mass is 251 g/mol. The van der Waals surface area contributed by atoms with E-state index in [9.17, 15) is 5.11 Å². The summed E-state index contributed by atoms with van der Waals surface area (Å²) in [6, 6.07) is 7.92. The highest BCUT2D eigenvalue weighted by Gasteiger charge is 2.32. The third-order valence-electron chi connectivity index (χ3n) is 3.21. The molecule has 18 heavy (non-hydrogen) atoms. The van der Waals surface area contributed by atoms with Crippen LogP contribution in [0.5, 0.6) is 5.75 Å².